The Labute approximate surface area is 168 Å². The van der Waals surface area contributed by atoms with Gasteiger partial charge < -0.3 is 10.1 Å². The second-order valence-corrected chi connectivity index (χ2v) is 6.80. The molecule has 0 bridgehead atoms. The van der Waals surface area contributed by atoms with Crippen molar-refractivity contribution in [3.8, 4) is 0 Å². The molecule has 1 aromatic heterocycles. The molecule has 150 valence electrons. The number of nitrogens with one attached hydrogen (secondary N) is 1. The molecule has 7 nitrogen and oxygen atoms in total. The number of para-hydroxylation sites is 2. The fraction of sp³-hybridized carbons (Fsp3) is 0.273. The number of amides is 1. The van der Waals surface area contributed by atoms with Gasteiger partial charge in [-0.1, -0.05) is 44.2 Å². The number of ether oxygens (including phenoxy) is 1. The number of aromatic nitrogens is 2. The summed E-state index contributed by atoms with van der Waals surface area (Å²) in [7, 11) is 0. The number of nitrogens with zero attached hydrogens (tertiary/aromatic N) is 2. The third kappa shape index (κ3) is 4.87. The van der Waals surface area contributed by atoms with Crippen molar-refractivity contribution in [2.75, 3.05) is 11.9 Å². The van der Waals surface area contributed by atoms with Crippen LogP contribution in [-0.2, 0) is 20.9 Å². The van der Waals surface area contributed by atoms with Crippen LogP contribution in [0.25, 0.3) is 10.9 Å². The van der Waals surface area contributed by atoms with E-state index < -0.39 is 18.5 Å². The number of rotatable bonds is 7. The molecule has 2 aromatic carbocycles. The van der Waals surface area contributed by atoms with Crippen LogP contribution < -0.4 is 10.9 Å². The zero-order valence-electron chi connectivity index (χ0n) is 16.4. The molecular formula is C22H23N3O4. The fourth-order valence-corrected chi connectivity index (χ4v) is 3.00. The molecule has 7 heteroatoms. The van der Waals surface area contributed by atoms with Gasteiger partial charge in [-0.2, -0.15) is 0 Å². The highest BCUT2D eigenvalue weighted by molar-refractivity contribution is 5.93. The number of esters is 1. The third-order valence-electron chi connectivity index (χ3n) is 4.77. The predicted molar refractivity (Wildman–Crippen MR) is 111 cm³/mol. The van der Waals surface area contributed by atoms with E-state index in [4.69, 9.17) is 4.74 Å². The Morgan fingerprint density at radius 3 is 2.66 bits per heavy atom. The Hall–Kier alpha value is -3.48. The van der Waals surface area contributed by atoms with Crippen molar-refractivity contribution in [2.45, 2.75) is 32.7 Å². The van der Waals surface area contributed by atoms with E-state index in [1.54, 1.807) is 24.3 Å². The SMILES string of the molecule is CC[C@H](C)c1ccccc1NC(=O)COC(=O)Cn1cnc2ccccc2c1=O. The molecule has 0 saturated heterocycles. The normalized spacial score (nSPS) is 11.8. The van der Waals surface area contributed by atoms with Gasteiger partial charge in [-0.25, -0.2) is 4.98 Å². The lowest BCUT2D eigenvalue weighted by Crippen LogP contribution is -2.28. The highest BCUT2D eigenvalue weighted by atomic mass is 16.5. The Morgan fingerprint density at radius 1 is 1.14 bits per heavy atom. The van der Waals surface area contributed by atoms with Crippen LogP contribution in [0.1, 0.15) is 31.7 Å². The van der Waals surface area contributed by atoms with Crippen LogP contribution in [0.15, 0.2) is 59.7 Å². The monoisotopic (exact) mass is 393 g/mol. The van der Waals surface area contributed by atoms with Crippen LogP contribution in [0.4, 0.5) is 5.69 Å². The van der Waals surface area contributed by atoms with Crippen molar-refractivity contribution in [1.29, 1.82) is 0 Å². The van der Waals surface area contributed by atoms with Gasteiger partial charge in [0, 0.05) is 5.69 Å². The zero-order chi connectivity index (χ0) is 20.8. The van der Waals surface area contributed by atoms with Gasteiger partial charge >= 0.3 is 5.97 Å². The molecule has 1 atom stereocenters. The molecule has 1 amide bonds. The van der Waals surface area contributed by atoms with Crippen molar-refractivity contribution in [3.05, 3.63) is 70.8 Å². The molecule has 0 spiro atoms. The first-order valence-corrected chi connectivity index (χ1v) is 9.48. The molecule has 0 saturated carbocycles. The highest BCUT2D eigenvalue weighted by Gasteiger charge is 2.14. The zero-order valence-corrected chi connectivity index (χ0v) is 16.4. The predicted octanol–water partition coefficient (Wildman–Crippen LogP) is 3.09. The number of hydrogen-bond acceptors (Lipinski definition) is 5. The molecule has 1 heterocycles. The summed E-state index contributed by atoms with van der Waals surface area (Å²) in [5.74, 6) is -0.825. The third-order valence-corrected chi connectivity index (χ3v) is 4.77. The number of hydrogen-bond donors (Lipinski definition) is 1. The van der Waals surface area contributed by atoms with Gasteiger partial charge in [-0.05, 0) is 36.1 Å². The van der Waals surface area contributed by atoms with Crippen molar-refractivity contribution >= 4 is 28.5 Å². The maximum Gasteiger partial charge on any atom is 0.326 e. The van der Waals surface area contributed by atoms with Gasteiger partial charge in [-0.15, -0.1) is 0 Å². The molecule has 0 unspecified atom stereocenters. The Kier molecular flexibility index (Phi) is 6.39. The minimum absolute atomic E-state index is 0.293. The number of benzene rings is 2. The van der Waals surface area contributed by atoms with Gasteiger partial charge in [0.15, 0.2) is 6.61 Å². The Balaban J connectivity index is 1.60. The van der Waals surface area contributed by atoms with Crippen LogP contribution in [0.3, 0.4) is 0 Å². The molecular weight excluding hydrogens is 370 g/mol. The second kappa shape index (κ2) is 9.14. The quantitative estimate of drug-likeness (QED) is 0.623. The molecule has 29 heavy (non-hydrogen) atoms. The molecule has 0 aliphatic rings. The van der Waals surface area contributed by atoms with Gasteiger partial charge in [0.1, 0.15) is 6.54 Å². The maximum absolute atomic E-state index is 12.4. The number of carbonyl (C=O) groups excluding carboxylic acids is 2. The first kappa shape index (κ1) is 20.3. The first-order chi connectivity index (χ1) is 14.0. The maximum atomic E-state index is 12.4. The molecule has 0 aliphatic carbocycles. The minimum Gasteiger partial charge on any atom is -0.454 e. The molecule has 0 fully saturated rings. The van der Waals surface area contributed by atoms with E-state index in [1.807, 2.05) is 24.3 Å². The number of carbonyl (C=O) groups is 2. The Bertz CT molecular complexity index is 1090. The second-order valence-electron chi connectivity index (χ2n) is 6.80. The van der Waals surface area contributed by atoms with Crippen molar-refractivity contribution in [1.82, 2.24) is 9.55 Å². The van der Waals surface area contributed by atoms with E-state index in [0.717, 1.165) is 12.0 Å². The summed E-state index contributed by atoms with van der Waals surface area (Å²) >= 11 is 0. The lowest BCUT2D eigenvalue weighted by molar-refractivity contribution is -0.147. The standard InChI is InChI=1S/C22H23N3O4/c1-3-15(2)16-8-4-7-11-19(16)24-20(26)13-29-21(27)12-25-14-23-18-10-6-5-9-17(18)22(25)28/h4-11,14-15H,3,12-13H2,1-2H3,(H,24,26)/t15-/m0/s1. The summed E-state index contributed by atoms with van der Waals surface area (Å²) in [6, 6.07) is 14.4. The summed E-state index contributed by atoms with van der Waals surface area (Å²) in [6.45, 7) is 3.42. The van der Waals surface area contributed by atoms with Gasteiger partial charge in [0.2, 0.25) is 0 Å². The van der Waals surface area contributed by atoms with E-state index >= 15 is 0 Å². The smallest absolute Gasteiger partial charge is 0.326 e. The summed E-state index contributed by atoms with van der Waals surface area (Å²) in [4.78, 5) is 40.9. The average Bonchev–Trinajstić information content (AvgIpc) is 2.74. The van der Waals surface area contributed by atoms with Crippen LogP contribution in [0.2, 0.25) is 0 Å². The van der Waals surface area contributed by atoms with E-state index in [2.05, 4.69) is 24.1 Å². The fourth-order valence-electron chi connectivity index (χ4n) is 3.00. The van der Waals surface area contributed by atoms with E-state index in [1.165, 1.54) is 10.9 Å². The van der Waals surface area contributed by atoms with Crippen LogP contribution >= 0.6 is 0 Å². The first-order valence-electron chi connectivity index (χ1n) is 9.48. The molecule has 3 rings (SSSR count). The van der Waals surface area contributed by atoms with Crippen molar-refractivity contribution in [3.63, 3.8) is 0 Å². The summed E-state index contributed by atoms with van der Waals surface area (Å²) in [5.41, 5.74) is 1.96. The van der Waals surface area contributed by atoms with E-state index in [-0.39, 0.29) is 12.1 Å². The summed E-state index contributed by atoms with van der Waals surface area (Å²) in [6.07, 6.45) is 2.24. The van der Waals surface area contributed by atoms with Gasteiger partial charge in [0.05, 0.1) is 17.2 Å². The van der Waals surface area contributed by atoms with Gasteiger partial charge in [0.25, 0.3) is 11.5 Å². The number of anilines is 1. The van der Waals surface area contributed by atoms with Crippen molar-refractivity contribution < 1.29 is 14.3 Å². The lowest BCUT2D eigenvalue weighted by Gasteiger charge is -2.15. The van der Waals surface area contributed by atoms with E-state index in [0.29, 0.717) is 22.5 Å². The van der Waals surface area contributed by atoms with Gasteiger partial charge in [-0.3, -0.25) is 19.0 Å². The van der Waals surface area contributed by atoms with Crippen molar-refractivity contribution in [2.24, 2.45) is 0 Å². The topological polar surface area (TPSA) is 90.3 Å². The molecule has 1 N–H and O–H groups in total. The van der Waals surface area contributed by atoms with Crippen LogP contribution in [-0.4, -0.2) is 28.0 Å². The summed E-state index contributed by atoms with van der Waals surface area (Å²) < 4.78 is 6.20. The van der Waals surface area contributed by atoms with E-state index in [9.17, 15) is 14.4 Å². The minimum atomic E-state index is -0.686. The molecule has 0 aliphatic heterocycles. The highest BCUT2D eigenvalue weighted by Crippen LogP contribution is 2.26. The average molecular weight is 393 g/mol. The Morgan fingerprint density at radius 2 is 1.86 bits per heavy atom. The summed E-state index contributed by atoms with van der Waals surface area (Å²) in [5, 5.41) is 3.20. The van der Waals surface area contributed by atoms with Crippen LogP contribution in [0.5, 0.6) is 0 Å². The van der Waals surface area contributed by atoms with Crippen LogP contribution in [0, 0.1) is 0 Å². The number of fused-ring (bicyclic) bond motifs is 1. The molecule has 0 radical (unpaired) electrons. The molecule has 3 aromatic rings. The lowest BCUT2D eigenvalue weighted by atomic mass is 9.97. The largest absolute Gasteiger partial charge is 0.454 e.